The van der Waals surface area contributed by atoms with E-state index in [1.54, 1.807) is 19.1 Å². The van der Waals surface area contributed by atoms with E-state index in [0.717, 1.165) is 49.0 Å². The summed E-state index contributed by atoms with van der Waals surface area (Å²) in [5.41, 5.74) is 7.75. The Morgan fingerprint density at radius 3 is 2.03 bits per heavy atom. The second-order valence-electron chi connectivity index (χ2n) is 8.47. The molecule has 5 heteroatoms. The molecule has 0 radical (unpaired) electrons. The molecule has 0 spiro atoms. The number of nitrogens with one attached hydrogen (secondary N) is 1. The lowest BCUT2D eigenvalue weighted by Crippen LogP contribution is -3.14. The number of methoxy groups -OCH3 is 2. The summed E-state index contributed by atoms with van der Waals surface area (Å²) in [6, 6.07) is 24.2. The van der Waals surface area contributed by atoms with E-state index in [2.05, 4.69) is 60.5 Å². The zero-order chi connectivity index (χ0) is 22.1. The Balaban J connectivity index is 1.32. The van der Waals surface area contributed by atoms with E-state index in [1.807, 2.05) is 18.2 Å². The normalized spacial score (nSPS) is 16.6. The van der Waals surface area contributed by atoms with Crippen molar-refractivity contribution < 1.29 is 14.4 Å². The molecule has 5 nitrogen and oxygen atoms in total. The van der Waals surface area contributed by atoms with Crippen LogP contribution in [0.1, 0.15) is 29.7 Å². The summed E-state index contributed by atoms with van der Waals surface area (Å²) in [4.78, 5) is 1.62. The molecular weight excluding hydrogens is 398 g/mol. The van der Waals surface area contributed by atoms with Crippen molar-refractivity contribution >= 4 is 5.71 Å². The van der Waals surface area contributed by atoms with Gasteiger partial charge in [0.2, 0.25) is 0 Å². The van der Waals surface area contributed by atoms with Crippen LogP contribution in [-0.4, -0.2) is 51.1 Å². The number of hydrogen-bond acceptors (Lipinski definition) is 4. The first-order valence-corrected chi connectivity index (χ1v) is 11.2. The number of rotatable bonds is 5. The van der Waals surface area contributed by atoms with Crippen molar-refractivity contribution in [2.45, 2.75) is 13.0 Å². The molecule has 1 fully saturated rings. The second kappa shape index (κ2) is 8.67. The molecule has 1 aliphatic carbocycles. The molecule has 1 saturated heterocycles. The van der Waals surface area contributed by atoms with Gasteiger partial charge in [-0.15, -0.1) is 0 Å². The van der Waals surface area contributed by atoms with Gasteiger partial charge >= 0.3 is 0 Å². The highest BCUT2D eigenvalue weighted by Crippen LogP contribution is 2.41. The van der Waals surface area contributed by atoms with Gasteiger partial charge in [-0.25, -0.2) is 0 Å². The third kappa shape index (κ3) is 3.63. The molecule has 1 heterocycles. The maximum absolute atomic E-state index is 5.45. The maximum Gasteiger partial charge on any atom is 0.161 e. The predicted octanol–water partition coefficient (Wildman–Crippen LogP) is 3.40. The van der Waals surface area contributed by atoms with Crippen LogP contribution in [0.5, 0.6) is 11.5 Å². The largest absolute Gasteiger partial charge is 0.493 e. The van der Waals surface area contributed by atoms with Crippen molar-refractivity contribution in [3.8, 4) is 22.6 Å². The zero-order valence-corrected chi connectivity index (χ0v) is 19.0. The smallest absolute Gasteiger partial charge is 0.161 e. The number of hydrogen-bond donors (Lipinski definition) is 1. The predicted molar refractivity (Wildman–Crippen MR) is 128 cm³/mol. The number of quaternary nitrogens is 1. The van der Waals surface area contributed by atoms with Crippen LogP contribution in [0.2, 0.25) is 0 Å². The Bertz CT molecular complexity index is 1100. The van der Waals surface area contributed by atoms with Gasteiger partial charge in [0, 0.05) is 16.7 Å². The molecular formula is C27H30N3O2+. The molecule has 0 saturated carbocycles. The van der Waals surface area contributed by atoms with Gasteiger partial charge < -0.3 is 14.4 Å². The second-order valence-corrected chi connectivity index (χ2v) is 8.47. The van der Waals surface area contributed by atoms with Crippen LogP contribution in [0.4, 0.5) is 0 Å². The van der Waals surface area contributed by atoms with Crippen molar-refractivity contribution in [1.82, 2.24) is 5.01 Å². The Labute approximate surface area is 189 Å². The Morgan fingerprint density at radius 2 is 1.44 bits per heavy atom. The Hall–Kier alpha value is -3.31. The molecule has 0 atom stereocenters. The number of benzene rings is 3. The average Bonchev–Trinajstić information content (AvgIpc) is 3.18. The van der Waals surface area contributed by atoms with E-state index in [-0.39, 0.29) is 0 Å². The van der Waals surface area contributed by atoms with E-state index in [9.17, 15) is 0 Å². The number of nitrogens with zero attached hydrogens (tertiary/aromatic N) is 2. The van der Waals surface area contributed by atoms with Gasteiger partial charge in [0.1, 0.15) is 6.04 Å². The minimum Gasteiger partial charge on any atom is -0.493 e. The van der Waals surface area contributed by atoms with Crippen LogP contribution < -0.4 is 14.4 Å². The lowest BCUT2D eigenvalue weighted by molar-refractivity contribution is -0.929. The molecule has 2 aliphatic rings. The van der Waals surface area contributed by atoms with Gasteiger partial charge in [0.15, 0.2) is 11.5 Å². The van der Waals surface area contributed by atoms with Crippen LogP contribution in [0.15, 0.2) is 71.8 Å². The number of piperazine rings is 1. The molecule has 3 aromatic rings. The van der Waals surface area contributed by atoms with E-state index >= 15 is 0 Å². The molecule has 1 aliphatic heterocycles. The van der Waals surface area contributed by atoms with Crippen molar-refractivity contribution in [2.75, 3.05) is 40.4 Å². The molecule has 0 aromatic heterocycles. The molecule has 3 aromatic carbocycles. The van der Waals surface area contributed by atoms with Crippen LogP contribution in [0.3, 0.4) is 0 Å². The fraction of sp³-hybridized carbons (Fsp3) is 0.296. The topological polar surface area (TPSA) is 38.5 Å². The molecule has 0 amide bonds. The molecule has 0 unspecified atom stereocenters. The number of hydrazone groups is 1. The molecule has 164 valence electrons. The summed E-state index contributed by atoms with van der Waals surface area (Å²) in [7, 11) is 3.32. The molecule has 0 bridgehead atoms. The van der Waals surface area contributed by atoms with Crippen molar-refractivity contribution in [1.29, 1.82) is 0 Å². The fourth-order valence-corrected chi connectivity index (χ4v) is 5.10. The molecule has 32 heavy (non-hydrogen) atoms. The first-order chi connectivity index (χ1) is 15.7. The quantitative estimate of drug-likeness (QED) is 0.633. The van der Waals surface area contributed by atoms with Gasteiger partial charge in [-0.2, -0.15) is 5.10 Å². The minimum absolute atomic E-state index is 0.417. The number of ether oxygens (including phenoxy) is 2. The number of fused-ring (bicyclic) bond motifs is 3. The van der Waals surface area contributed by atoms with E-state index in [4.69, 9.17) is 14.6 Å². The summed E-state index contributed by atoms with van der Waals surface area (Å²) < 4.78 is 10.8. The SMILES string of the molecule is COc1ccc(/C(C)=N/N2CC[NH+](C3c4ccccc4-c4ccccc43)CC2)cc1OC. The van der Waals surface area contributed by atoms with E-state index < -0.39 is 0 Å². The minimum atomic E-state index is 0.417. The van der Waals surface area contributed by atoms with Gasteiger partial charge in [0.05, 0.1) is 46.1 Å². The van der Waals surface area contributed by atoms with Crippen molar-refractivity contribution in [3.63, 3.8) is 0 Å². The van der Waals surface area contributed by atoms with Crippen LogP contribution in [0, 0.1) is 0 Å². The lowest BCUT2D eigenvalue weighted by atomic mass is 10.0. The van der Waals surface area contributed by atoms with Crippen molar-refractivity contribution in [2.24, 2.45) is 5.10 Å². The molecule has 5 rings (SSSR count). The Kier molecular flexibility index (Phi) is 5.58. The summed E-state index contributed by atoms with van der Waals surface area (Å²) in [6.07, 6.45) is 0. The fourth-order valence-electron chi connectivity index (χ4n) is 5.10. The third-order valence-electron chi connectivity index (χ3n) is 6.72. The maximum atomic E-state index is 5.45. The van der Waals surface area contributed by atoms with Gasteiger partial charge in [-0.1, -0.05) is 48.5 Å². The van der Waals surface area contributed by atoms with Crippen LogP contribution in [-0.2, 0) is 0 Å². The van der Waals surface area contributed by atoms with Gasteiger partial charge in [-0.05, 0) is 36.2 Å². The lowest BCUT2D eigenvalue weighted by Gasteiger charge is -2.35. The first kappa shape index (κ1) is 20.6. The first-order valence-electron chi connectivity index (χ1n) is 11.2. The monoisotopic (exact) mass is 428 g/mol. The van der Waals surface area contributed by atoms with Gasteiger partial charge in [-0.3, -0.25) is 5.01 Å². The Morgan fingerprint density at radius 1 is 0.844 bits per heavy atom. The summed E-state index contributed by atoms with van der Waals surface area (Å²) in [5.74, 6) is 1.46. The summed E-state index contributed by atoms with van der Waals surface area (Å²) in [5, 5.41) is 7.14. The zero-order valence-electron chi connectivity index (χ0n) is 19.0. The van der Waals surface area contributed by atoms with Gasteiger partial charge in [0.25, 0.3) is 0 Å². The highest BCUT2D eigenvalue weighted by Gasteiger charge is 2.37. The highest BCUT2D eigenvalue weighted by molar-refractivity contribution is 5.99. The van der Waals surface area contributed by atoms with E-state index in [1.165, 1.54) is 22.3 Å². The average molecular weight is 429 g/mol. The van der Waals surface area contributed by atoms with Crippen molar-refractivity contribution in [3.05, 3.63) is 83.4 Å². The summed E-state index contributed by atoms with van der Waals surface area (Å²) >= 11 is 0. The van der Waals surface area contributed by atoms with E-state index in [0.29, 0.717) is 6.04 Å². The summed E-state index contributed by atoms with van der Waals surface area (Å²) in [6.45, 7) is 6.08. The van der Waals surface area contributed by atoms with Crippen LogP contribution in [0.25, 0.3) is 11.1 Å². The standard InChI is InChI=1S/C27H29N3O2/c1-19(20-12-13-25(31-2)26(18-20)32-3)28-30-16-14-29(15-17-30)27-23-10-6-4-8-21(23)22-9-5-7-11-24(22)27/h4-13,18,27H,14-17H2,1-3H3/p+1/b28-19+. The molecule has 1 N–H and O–H groups in total. The van der Waals surface area contributed by atoms with Crippen LogP contribution >= 0.6 is 0 Å². The third-order valence-corrected chi connectivity index (χ3v) is 6.72. The highest BCUT2D eigenvalue weighted by atomic mass is 16.5.